The molecule has 2 aromatic carbocycles. The summed E-state index contributed by atoms with van der Waals surface area (Å²) in [6, 6.07) is 12.6. The van der Waals surface area contributed by atoms with Crippen molar-refractivity contribution in [1.82, 2.24) is 15.2 Å². The van der Waals surface area contributed by atoms with Crippen molar-refractivity contribution < 1.29 is 33.4 Å². The Morgan fingerprint density at radius 2 is 1.55 bits per heavy atom. The van der Waals surface area contributed by atoms with Gasteiger partial charge in [0.15, 0.2) is 0 Å². The zero-order chi connectivity index (χ0) is 27.2. The van der Waals surface area contributed by atoms with Crippen LogP contribution in [0, 0.1) is 0 Å². The summed E-state index contributed by atoms with van der Waals surface area (Å²) in [5.41, 5.74) is 2.69. The fourth-order valence-electron chi connectivity index (χ4n) is 4.01. The average Bonchev–Trinajstić information content (AvgIpc) is 2.95. The lowest BCUT2D eigenvalue weighted by Gasteiger charge is -2.29. The van der Waals surface area contributed by atoms with Gasteiger partial charge in [0.05, 0.1) is 25.3 Å². The van der Waals surface area contributed by atoms with E-state index in [2.05, 4.69) is 15.6 Å². The molecule has 3 amide bonds. The van der Waals surface area contributed by atoms with E-state index in [-0.39, 0.29) is 28.4 Å². The van der Waals surface area contributed by atoms with Gasteiger partial charge in [0.1, 0.15) is 17.2 Å². The van der Waals surface area contributed by atoms with E-state index in [0.29, 0.717) is 31.0 Å². The lowest BCUT2D eigenvalue weighted by atomic mass is 9.99. The van der Waals surface area contributed by atoms with Crippen LogP contribution < -0.4 is 15.4 Å². The van der Waals surface area contributed by atoms with Crippen molar-refractivity contribution in [3.63, 3.8) is 0 Å². The molecular weight excluding hydrogens is 492 g/mol. The largest absolute Gasteiger partial charge is 0.465 e. The molecule has 2 N–H and O–H groups in total. The van der Waals surface area contributed by atoms with Crippen LogP contribution in [-0.2, 0) is 22.4 Å². The number of nitrogens with zero attached hydrogens (tertiary/aromatic N) is 2. The molecule has 4 rings (SSSR count). The highest BCUT2D eigenvalue weighted by Gasteiger charge is 2.23. The number of hydrogen-bond donors (Lipinski definition) is 2. The molecule has 0 radical (unpaired) electrons. The Labute approximate surface area is 218 Å². The summed E-state index contributed by atoms with van der Waals surface area (Å²) in [7, 11) is 3.98. The minimum absolute atomic E-state index is 0.104. The zero-order valence-corrected chi connectivity index (χ0v) is 21.1. The third-order valence-corrected chi connectivity index (χ3v) is 5.93. The van der Waals surface area contributed by atoms with Gasteiger partial charge in [-0.25, -0.2) is 14.4 Å². The highest BCUT2D eigenvalue weighted by atomic mass is 16.5. The second-order valence-electron chi connectivity index (χ2n) is 8.37. The van der Waals surface area contributed by atoms with Gasteiger partial charge < -0.3 is 29.7 Å². The van der Waals surface area contributed by atoms with Crippen LogP contribution in [0.3, 0.4) is 0 Å². The summed E-state index contributed by atoms with van der Waals surface area (Å²) < 4.78 is 15.4. The molecule has 0 unspecified atom stereocenters. The maximum atomic E-state index is 13.1. The second kappa shape index (κ2) is 11.4. The third kappa shape index (κ3) is 5.89. The molecule has 196 valence electrons. The van der Waals surface area contributed by atoms with Crippen molar-refractivity contribution in [2.75, 3.05) is 33.1 Å². The molecule has 0 atom stereocenters. The number of pyridine rings is 1. The number of carbonyl (C=O) groups is 4. The van der Waals surface area contributed by atoms with E-state index in [0.717, 1.165) is 11.1 Å². The van der Waals surface area contributed by atoms with Gasteiger partial charge in [-0.3, -0.25) is 9.78 Å². The lowest BCUT2D eigenvalue weighted by molar-refractivity contribution is 0.0599. The Hall–Kier alpha value is -4.93. The van der Waals surface area contributed by atoms with Crippen LogP contribution in [0.5, 0.6) is 11.5 Å². The van der Waals surface area contributed by atoms with Gasteiger partial charge in [0.25, 0.3) is 5.91 Å². The van der Waals surface area contributed by atoms with Gasteiger partial charge in [-0.1, -0.05) is 6.07 Å². The van der Waals surface area contributed by atoms with E-state index in [4.69, 9.17) is 14.2 Å². The molecule has 0 saturated carbocycles. The van der Waals surface area contributed by atoms with Crippen molar-refractivity contribution in [1.29, 1.82) is 0 Å². The van der Waals surface area contributed by atoms with Crippen LogP contribution in [-0.4, -0.2) is 61.6 Å². The first-order chi connectivity index (χ1) is 18.3. The minimum Gasteiger partial charge on any atom is -0.465 e. The van der Waals surface area contributed by atoms with Crippen molar-refractivity contribution in [3.05, 3.63) is 82.7 Å². The zero-order valence-electron chi connectivity index (χ0n) is 21.1. The number of nitrogens with one attached hydrogen (secondary N) is 2. The molecular formula is C27H26N4O7. The van der Waals surface area contributed by atoms with Crippen LogP contribution in [0.4, 0.5) is 10.5 Å². The van der Waals surface area contributed by atoms with Gasteiger partial charge in [0, 0.05) is 38.1 Å². The molecule has 3 aromatic rings. The van der Waals surface area contributed by atoms with Gasteiger partial charge in [-0.15, -0.1) is 0 Å². The van der Waals surface area contributed by atoms with E-state index < -0.39 is 18.0 Å². The quantitative estimate of drug-likeness (QED) is 0.474. The summed E-state index contributed by atoms with van der Waals surface area (Å²) in [5, 5.41) is 5.28. The number of carbonyl (C=O) groups excluding carboxylic acids is 4. The topological polar surface area (TPSA) is 136 Å². The van der Waals surface area contributed by atoms with E-state index in [1.165, 1.54) is 45.7 Å². The first-order valence-corrected chi connectivity index (χ1v) is 11.7. The molecule has 11 heteroatoms. The van der Waals surface area contributed by atoms with Gasteiger partial charge >= 0.3 is 18.0 Å². The van der Waals surface area contributed by atoms with Gasteiger partial charge in [0.2, 0.25) is 0 Å². The monoisotopic (exact) mass is 518 g/mol. The molecule has 0 fully saturated rings. The van der Waals surface area contributed by atoms with Crippen LogP contribution in [0.15, 0.2) is 54.7 Å². The number of ether oxygens (including phenoxy) is 3. The predicted octanol–water partition coefficient (Wildman–Crippen LogP) is 3.40. The fraction of sp³-hybridized carbons (Fsp3) is 0.222. The molecule has 1 aromatic heterocycles. The Morgan fingerprint density at radius 1 is 0.868 bits per heavy atom. The number of amides is 3. The van der Waals surface area contributed by atoms with Crippen molar-refractivity contribution >= 4 is 29.6 Å². The van der Waals surface area contributed by atoms with Crippen LogP contribution in [0.2, 0.25) is 0 Å². The standard InChI is InChI=1S/C27H26N4O7/c1-28-24(32)23-14-22(6-8-29-23)38-21-5-4-16-7-9-31(15-19(16)13-21)27(35)30-20-11-17(25(33)36-2)10-18(12-20)26(34)37-3/h4-6,8,10-14H,7,9,15H2,1-3H3,(H,28,32)(H,30,35). The molecule has 0 saturated heterocycles. The maximum absolute atomic E-state index is 13.1. The first-order valence-electron chi connectivity index (χ1n) is 11.7. The van der Waals surface area contributed by atoms with E-state index >= 15 is 0 Å². The molecule has 2 heterocycles. The predicted molar refractivity (Wildman–Crippen MR) is 136 cm³/mol. The molecule has 0 aliphatic carbocycles. The second-order valence-corrected chi connectivity index (χ2v) is 8.37. The molecule has 38 heavy (non-hydrogen) atoms. The number of anilines is 1. The summed E-state index contributed by atoms with van der Waals surface area (Å²) in [6.45, 7) is 0.790. The Kier molecular flexibility index (Phi) is 7.86. The Bertz CT molecular complexity index is 1370. The smallest absolute Gasteiger partial charge is 0.337 e. The highest BCUT2D eigenvalue weighted by molar-refractivity contribution is 5.99. The van der Waals surface area contributed by atoms with Crippen LogP contribution in [0.25, 0.3) is 0 Å². The van der Waals surface area contributed by atoms with Crippen LogP contribution >= 0.6 is 0 Å². The molecule has 0 spiro atoms. The molecule has 11 nitrogen and oxygen atoms in total. The number of rotatable bonds is 6. The van der Waals surface area contributed by atoms with E-state index in [9.17, 15) is 19.2 Å². The molecule has 0 bridgehead atoms. The number of methoxy groups -OCH3 is 2. The summed E-state index contributed by atoms with van der Waals surface area (Å²) in [5.74, 6) is -0.618. The Balaban J connectivity index is 1.49. The molecule has 1 aliphatic heterocycles. The fourth-order valence-corrected chi connectivity index (χ4v) is 4.01. The van der Waals surface area contributed by atoms with Crippen LogP contribution in [0.1, 0.15) is 42.3 Å². The van der Waals surface area contributed by atoms with Gasteiger partial charge in [-0.2, -0.15) is 0 Å². The third-order valence-electron chi connectivity index (χ3n) is 5.93. The lowest BCUT2D eigenvalue weighted by Crippen LogP contribution is -2.38. The minimum atomic E-state index is -0.651. The summed E-state index contributed by atoms with van der Waals surface area (Å²) >= 11 is 0. The SMILES string of the molecule is CNC(=O)c1cc(Oc2ccc3c(c2)CN(C(=O)Nc2cc(C(=O)OC)cc(C(=O)OC)c2)CC3)ccn1. The normalized spacial score (nSPS) is 12.1. The average molecular weight is 519 g/mol. The first kappa shape index (κ1) is 26.1. The summed E-state index contributed by atoms with van der Waals surface area (Å²) in [4.78, 5) is 54.7. The number of urea groups is 1. The summed E-state index contributed by atoms with van der Waals surface area (Å²) in [6.07, 6.45) is 2.12. The number of fused-ring (bicyclic) bond motifs is 1. The van der Waals surface area contributed by atoms with Gasteiger partial charge in [-0.05, 0) is 53.9 Å². The van der Waals surface area contributed by atoms with Crippen molar-refractivity contribution in [2.45, 2.75) is 13.0 Å². The van der Waals surface area contributed by atoms with E-state index in [1.807, 2.05) is 18.2 Å². The van der Waals surface area contributed by atoms with E-state index in [1.54, 1.807) is 17.0 Å². The van der Waals surface area contributed by atoms with Crippen molar-refractivity contribution in [2.24, 2.45) is 0 Å². The molecule has 1 aliphatic rings. The Morgan fingerprint density at radius 3 is 2.21 bits per heavy atom. The maximum Gasteiger partial charge on any atom is 0.337 e. The number of esters is 2. The number of benzene rings is 2. The number of hydrogen-bond acceptors (Lipinski definition) is 8. The van der Waals surface area contributed by atoms with Crippen molar-refractivity contribution in [3.8, 4) is 11.5 Å². The highest BCUT2D eigenvalue weighted by Crippen LogP contribution is 2.28. The number of aromatic nitrogens is 1.